The first-order valence-electron chi connectivity index (χ1n) is 7.57. The molecule has 1 atom stereocenters. The van der Waals surface area contributed by atoms with Gasteiger partial charge >= 0.3 is 6.09 Å². The van der Waals surface area contributed by atoms with E-state index >= 15 is 0 Å². The highest BCUT2D eigenvalue weighted by molar-refractivity contribution is 5.68. The van der Waals surface area contributed by atoms with Crippen LogP contribution in [0.1, 0.15) is 42.5 Å². The molecule has 4 nitrogen and oxygen atoms in total. The molecule has 0 heterocycles. The molecule has 0 aliphatic rings. The van der Waals surface area contributed by atoms with E-state index in [1.54, 1.807) is 0 Å². The van der Waals surface area contributed by atoms with Crippen LogP contribution in [0.4, 0.5) is 4.79 Å². The molecule has 2 aromatic carbocycles. The average molecular weight is 308 g/mol. The van der Waals surface area contributed by atoms with E-state index in [1.165, 1.54) is 5.56 Å². The Kier molecular flexibility index (Phi) is 5.76. The number of amides is 1. The molecule has 0 aromatic heterocycles. The Morgan fingerprint density at radius 2 is 1.70 bits per heavy atom. The van der Waals surface area contributed by atoms with Gasteiger partial charge in [-0.15, -0.1) is 0 Å². The molecule has 0 fully saturated rings. The molecule has 1 amide bonds. The van der Waals surface area contributed by atoms with E-state index in [9.17, 15) is 10.1 Å². The van der Waals surface area contributed by atoms with Crippen molar-refractivity contribution in [2.45, 2.75) is 32.4 Å². The zero-order chi connectivity index (χ0) is 16.7. The number of hydrogen-bond acceptors (Lipinski definition) is 3. The van der Waals surface area contributed by atoms with Crippen molar-refractivity contribution < 1.29 is 9.53 Å². The van der Waals surface area contributed by atoms with E-state index < -0.39 is 12.1 Å². The summed E-state index contributed by atoms with van der Waals surface area (Å²) in [6, 6.07) is 18.4. The van der Waals surface area contributed by atoms with Gasteiger partial charge in [-0.05, 0) is 22.6 Å². The maximum absolute atomic E-state index is 11.8. The minimum atomic E-state index is -0.723. The van der Waals surface area contributed by atoms with Gasteiger partial charge < -0.3 is 10.1 Å². The smallest absolute Gasteiger partial charge is 0.408 e. The Bertz CT molecular complexity index is 673. The van der Waals surface area contributed by atoms with E-state index in [2.05, 4.69) is 25.2 Å². The third-order valence-corrected chi connectivity index (χ3v) is 3.54. The molecule has 23 heavy (non-hydrogen) atoms. The Labute approximate surface area is 136 Å². The topological polar surface area (TPSA) is 62.1 Å². The molecule has 2 aromatic rings. The highest BCUT2D eigenvalue weighted by Gasteiger charge is 2.15. The lowest BCUT2D eigenvalue weighted by Gasteiger charge is -2.13. The van der Waals surface area contributed by atoms with Crippen LogP contribution in [0.2, 0.25) is 0 Å². The summed E-state index contributed by atoms with van der Waals surface area (Å²) in [5, 5.41) is 11.9. The van der Waals surface area contributed by atoms with Gasteiger partial charge in [0, 0.05) is 0 Å². The van der Waals surface area contributed by atoms with Crippen LogP contribution in [0.15, 0.2) is 54.6 Å². The van der Waals surface area contributed by atoms with Crippen molar-refractivity contribution in [1.82, 2.24) is 5.32 Å². The molecular weight excluding hydrogens is 288 g/mol. The molecular formula is C19H20N2O2. The SMILES string of the molecule is CC(C)c1ccc(C(C#N)NC(=O)OCc2ccccc2)cc1. The molecule has 0 saturated heterocycles. The van der Waals surface area contributed by atoms with Crippen LogP contribution in [0.5, 0.6) is 0 Å². The maximum atomic E-state index is 11.8. The number of hydrogen-bond donors (Lipinski definition) is 1. The molecule has 1 N–H and O–H groups in total. The maximum Gasteiger partial charge on any atom is 0.408 e. The number of nitrogens with one attached hydrogen (secondary N) is 1. The minimum Gasteiger partial charge on any atom is -0.445 e. The lowest BCUT2D eigenvalue weighted by molar-refractivity contribution is 0.137. The number of alkyl carbamates (subject to hydrolysis) is 1. The van der Waals surface area contributed by atoms with Crippen molar-refractivity contribution in [3.63, 3.8) is 0 Å². The van der Waals surface area contributed by atoms with E-state index in [4.69, 9.17) is 4.74 Å². The number of ether oxygens (including phenoxy) is 1. The monoisotopic (exact) mass is 308 g/mol. The summed E-state index contributed by atoms with van der Waals surface area (Å²) in [6.45, 7) is 4.39. The first-order chi connectivity index (χ1) is 11.1. The zero-order valence-electron chi connectivity index (χ0n) is 13.3. The molecule has 0 spiro atoms. The van der Waals surface area contributed by atoms with Gasteiger partial charge in [-0.3, -0.25) is 0 Å². The Hall–Kier alpha value is -2.80. The van der Waals surface area contributed by atoms with Crippen LogP contribution in [-0.2, 0) is 11.3 Å². The van der Waals surface area contributed by atoms with Crippen LogP contribution in [0.25, 0.3) is 0 Å². The number of rotatable bonds is 5. The van der Waals surface area contributed by atoms with Crippen LogP contribution in [0.3, 0.4) is 0 Å². The largest absolute Gasteiger partial charge is 0.445 e. The van der Waals surface area contributed by atoms with Gasteiger partial charge in [-0.25, -0.2) is 4.79 Å². The van der Waals surface area contributed by atoms with Crippen LogP contribution in [-0.4, -0.2) is 6.09 Å². The summed E-state index contributed by atoms with van der Waals surface area (Å²) in [5.74, 6) is 0.424. The summed E-state index contributed by atoms with van der Waals surface area (Å²) >= 11 is 0. The third kappa shape index (κ3) is 4.86. The van der Waals surface area contributed by atoms with Crippen molar-refractivity contribution in [3.05, 3.63) is 71.3 Å². The van der Waals surface area contributed by atoms with Gasteiger partial charge in [0.15, 0.2) is 0 Å². The van der Waals surface area contributed by atoms with Gasteiger partial charge in [0.1, 0.15) is 12.6 Å². The summed E-state index contributed by atoms with van der Waals surface area (Å²) in [5.41, 5.74) is 2.84. The summed E-state index contributed by atoms with van der Waals surface area (Å²) in [6.07, 6.45) is -0.603. The fourth-order valence-corrected chi connectivity index (χ4v) is 2.15. The molecule has 0 bridgehead atoms. The highest BCUT2D eigenvalue weighted by Crippen LogP contribution is 2.18. The minimum absolute atomic E-state index is 0.178. The lowest BCUT2D eigenvalue weighted by Crippen LogP contribution is -2.28. The normalized spacial score (nSPS) is 11.6. The second-order valence-electron chi connectivity index (χ2n) is 5.59. The second kappa shape index (κ2) is 8.00. The molecule has 0 aliphatic carbocycles. The summed E-state index contributed by atoms with van der Waals surface area (Å²) in [4.78, 5) is 11.8. The van der Waals surface area contributed by atoms with E-state index in [-0.39, 0.29) is 6.61 Å². The first kappa shape index (κ1) is 16.6. The Morgan fingerprint density at radius 3 is 2.26 bits per heavy atom. The van der Waals surface area contributed by atoms with Crippen LogP contribution < -0.4 is 5.32 Å². The van der Waals surface area contributed by atoms with Crippen LogP contribution in [0, 0.1) is 11.3 Å². The molecule has 118 valence electrons. The number of carbonyl (C=O) groups is 1. The molecule has 2 rings (SSSR count). The van der Waals surface area contributed by atoms with Gasteiger partial charge in [-0.1, -0.05) is 68.4 Å². The number of nitrogens with zero attached hydrogens (tertiary/aromatic N) is 1. The van der Waals surface area contributed by atoms with Gasteiger partial charge in [0.25, 0.3) is 0 Å². The zero-order valence-corrected chi connectivity index (χ0v) is 13.3. The van der Waals surface area contributed by atoms with Crippen molar-refractivity contribution in [2.75, 3.05) is 0 Å². The van der Waals surface area contributed by atoms with Gasteiger partial charge in [0.2, 0.25) is 0 Å². The van der Waals surface area contributed by atoms with Crippen molar-refractivity contribution in [3.8, 4) is 6.07 Å². The Balaban J connectivity index is 1.93. The van der Waals surface area contributed by atoms with Crippen molar-refractivity contribution in [2.24, 2.45) is 0 Å². The third-order valence-electron chi connectivity index (χ3n) is 3.54. The predicted octanol–water partition coefficient (Wildman–Crippen LogP) is 4.30. The standard InChI is InChI=1S/C19H20N2O2/c1-14(2)16-8-10-17(11-9-16)18(12-20)21-19(22)23-13-15-6-4-3-5-7-15/h3-11,14,18H,13H2,1-2H3,(H,21,22). The second-order valence-corrected chi connectivity index (χ2v) is 5.59. The average Bonchev–Trinajstić information content (AvgIpc) is 2.59. The molecule has 0 aliphatic heterocycles. The first-order valence-corrected chi connectivity index (χ1v) is 7.57. The number of benzene rings is 2. The quantitative estimate of drug-likeness (QED) is 0.895. The van der Waals surface area contributed by atoms with E-state index in [1.807, 2.05) is 54.6 Å². The molecule has 0 radical (unpaired) electrons. The number of nitriles is 1. The van der Waals surface area contributed by atoms with Crippen molar-refractivity contribution in [1.29, 1.82) is 5.26 Å². The number of carbonyl (C=O) groups excluding carboxylic acids is 1. The fraction of sp³-hybridized carbons (Fsp3) is 0.263. The van der Waals surface area contributed by atoms with E-state index in [0.717, 1.165) is 11.1 Å². The molecule has 4 heteroatoms. The summed E-state index contributed by atoms with van der Waals surface area (Å²) < 4.78 is 5.14. The predicted molar refractivity (Wildman–Crippen MR) is 88.6 cm³/mol. The van der Waals surface area contributed by atoms with Crippen molar-refractivity contribution >= 4 is 6.09 Å². The van der Waals surface area contributed by atoms with Crippen LogP contribution >= 0.6 is 0 Å². The van der Waals surface area contributed by atoms with Gasteiger partial charge in [-0.2, -0.15) is 5.26 Å². The van der Waals surface area contributed by atoms with Gasteiger partial charge in [0.05, 0.1) is 6.07 Å². The highest BCUT2D eigenvalue weighted by atomic mass is 16.5. The van der Waals surface area contributed by atoms with E-state index in [0.29, 0.717) is 5.92 Å². The Morgan fingerprint density at radius 1 is 1.09 bits per heavy atom. The fourth-order valence-electron chi connectivity index (χ4n) is 2.15. The summed E-state index contributed by atoms with van der Waals surface area (Å²) in [7, 11) is 0. The molecule has 0 saturated carbocycles. The lowest BCUT2D eigenvalue weighted by atomic mass is 9.99. The molecule has 1 unspecified atom stereocenters.